The van der Waals surface area contributed by atoms with Crippen molar-refractivity contribution in [1.82, 2.24) is 5.32 Å². The predicted octanol–water partition coefficient (Wildman–Crippen LogP) is 2.92. The SMILES string of the molecule is CC1CCN(c2cccc(Cl)c2)CC(C)N1. The van der Waals surface area contributed by atoms with Crippen LogP contribution in [0.3, 0.4) is 0 Å². The molecule has 0 spiro atoms. The zero-order valence-electron chi connectivity index (χ0n) is 9.91. The molecular weight excluding hydrogens is 220 g/mol. The molecule has 2 nitrogen and oxygen atoms in total. The van der Waals surface area contributed by atoms with Gasteiger partial charge in [-0.2, -0.15) is 0 Å². The second kappa shape index (κ2) is 5.07. The van der Waals surface area contributed by atoms with E-state index in [2.05, 4.69) is 30.1 Å². The molecule has 1 aliphatic rings. The van der Waals surface area contributed by atoms with Gasteiger partial charge in [0.1, 0.15) is 0 Å². The minimum absolute atomic E-state index is 0.525. The second-order valence-electron chi connectivity index (χ2n) is 4.68. The highest BCUT2D eigenvalue weighted by atomic mass is 35.5. The van der Waals surface area contributed by atoms with Gasteiger partial charge in [0.15, 0.2) is 0 Å². The lowest BCUT2D eigenvalue weighted by molar-refractivity contribution is 0.492. The Bertz CT molecular complexity index is 354. The minimum Gasteiger partial charge on any atom is -0.370 e. The Labute approximate surface area is 103 Å². The van der Waals surface area contributed by atoms with E-state index < -0.39 is 0 Å². The molecule has 1 aromatic rings. The summed E-state index contributed by atoms with van der Waals surface area (Å²) < 4.78 is 0. The van der Waals surface area contributed by atoms with E-state index in [4.69, 9.17) is 11.6 Å². The normalized spacial score (nSPS) is 26.6. The van der Waals surface area contributed by atoms with E-state index in [-0.39, 0.29) is 0 Å². The molecule has 16 heavy (non-hydrogen) atoms. The number of rotatable bonds is 1. The van der Waals surface area contributed by atoms with Crippen LogP contribution in [0.2, 0.25) is 5.02 Å². The monoisotopic (exact) mass is 238 g/mol. The minimum atomic E-state index is 0.525. The van der Waals surface area contributed by atoms with Crippen LogP contribution >= 0.6 is 11.6 Å². The van der Waals surface area contributed by atoms with Gasteiger partial charge < -0.3 is 10.2 Å². The first kappa shape index (κ1) is 11.7. The highest BCUT2D eigenvalue weighted by Gasteiger charge is 2.18. The fraction of sp³-hybridized carbons (Fsp3) is 0.538. The van der Waals surface area contributed by atoms with E-state index in [9.17, 15) is 0 Å². The Morgan fingerprint density at radius 2 is 2.12 bits per heavy atom. The first-order valence-electron chi connectivity index (χ1n) is 5.91. The number of halogens is 1. The third-order valence-corrected chi connectivity index (χ3v) is 3.30. The summed E-state index contributed by atoms with van der Waals surface area (Å²) in [4.78, 5) is 2.41. The van der Waals surface area contributed by atoms with E-state index in [0.717, 1.165) is 18.1 Å². The molecule has 1 heterocycles. The maximum absolute atomic E-state index is 6.03. The van der Waals surface area contributed by atoms with Crippen molar-refractivity contribution in [1.29, 1.82) is 0 Å². The molecule has 0 amide bonds. The van der Waals surface area contributed by atoms with Crippen LogP contribution in [0.25, 0.3) is 0 Å². The van der Waals surface area contributed by atoms with Crippen LogP contribution in [0.4, 0.5) is 5.69 Å². The number of anilines is 1. The van der Waals surface area contributed by atoms with Crippen LogP contribution in [-0.2, 0) is 0 Å². The molecule has 0 aromatic heterocycles. The van der Waals surface area contributed by atoms with E-state index >= 15 is 0 Å². The van der Waals surface area contributed by atoms with Gasteiger partial charge in [0.25, 0.3) is 0 Å². The lowest BCUT2D eigenvalue weighted by atomic mass is 10.2. The van der Waals surface area contributed by atoms with Gasteiger partial charge in [0, 0.05) is 35.9 Å². The number of benzene rings is 1. The quantitative estimate of drug-likeness (QED) is 0.810. The third-order valence-electron chi connectivity index (χ3n) is 3.07. The molecule has 1 saturated heterocycles. The van der Waals surface area contributed by atoms with E-state index in [0.29, 0.717) is 12.1 Å². The van der Waals surface area contributed by atoms with Gasteiger partial charge in [-0.25, -0.2) is 0 Å². The topological polar surface area (TPSA) is 15.3 Å². The van der Waals surface area contributed by atoms with Crippen LogP contribution in [0.15, 0.2) is 24.3 Å². The Kier molecular flexibility index (Phi) is 3.72. The lowest BCUT2D eigenvalue weighted by Crippen LogP contribution is -2.37. The lowest BCUT2D eigenvalue weighted by Gasteiger charge is -2.24. The van der Waals surface area contributed by atoms with Gasteiger partial charge in [0.2, 0.25) is 0 Å². The number of nitrogens with one attached hydrogen (secondary N) is 1. The smallest absolute Gasteiger partial charge is 0.0426 e. The van der Waals surface area contributed by atoms with Gasteiger partial charge in [-0.15, -0.1) is 0 Å². The van der Waals surface area contributed by atoms with Crippen molar-refractivity contribution in [2.45, 2.75) is 32.4 Å². The fourth-order valence-corrected chi connectivity index (χ4v) is 2.48. The van der Waals surface area contributed by atoms with E-state index in [1.807, 2.05) is 18.2 Å². The molecule has 0 saturated carbocycles. The van der Waals surface area contributed by atoms with Gasteiger partial charge in [-0.1, -0.05) is 17.7 Å². The average molecular weight is 239 g/mol. The molecule has 0 bridgehead atoms. The van der Waals surface area contributed by atoms with Crippen molar-refractivity contribution >= 4 is 17.3 Å². The predicted molar refractivity (Wildman–Crippen MR) is 70.3 cm³/mol. The Morgan fingerprint density at radius 3 is 2.88 bits per heavy atom. The largest absolute Gasteiger partial charge is 0.370 e. The maximum Gasteiger partial charge on any atom is 0.0426 e. The molecule has 2 rings (SSSR count). The molecule has 1 aliphatic heterocycles. The molecule has 1 aromatic carbocycles. The fourth-order valence-electron chi connectivity index (χ4n) is 2.30. The van der Waals surface area contributed by atoms with Crippen LogP contribution in [0, 0.1) is 0 Å². The molecule has 1 N–H and O–H groups in total. The van der Waals surface area contributed by atoms with Gasteiger partial charge in [0.05, 0.1) is 0 Å². The summed E-state index contributed by atoms with van der Waals surface area (Å²) >= 11 is 6.03. The highest BCUT2D eigenvalue weighted by Crippen LogP contribution is 2.21. The van der Waals surface area contributed by atoms with E-state index in [1.54, 1.807) is 0 Å². The van der Waals surface area contributed by atoms with Crippen molar-refractivity contribution in [2.75, 3.05) is 18.0 Å². The van der Waals surface area contributed by atoms with Crippen molar-refractivity contribution in [3.05, 3.63) is 29.3 Å². The molecule has 0 aliphatic carbocycles. The zero-order valence-corrected chi connectivity index (χ0v) is 10.7. The molecule has 1 fully saturated rings. The molecule has 88 valence electrons. The molecule has 2 atom stereocenters. The first-order chi connectivity index (χ1) is 7.65. The number of hydrogen-bond acceptors (Lipinski definition) is 2. The van der Waals surface area contributed by atoms with Crippen molar-refractivity contribution in [3.63, 3.8) is 0 Å². The summed E-state index contributed by atoms with van der Waals surface area (Å²) in [5.74, 6) is 0. The summed E-state index contributed by atoms with van der Waals surface area (Å²) in [6.07, 6.45) is 1.18. The molecule has 2 unspecified atom stereocenters. The summed E-state index contributed by atoms with van der Waals surface area (Å²) in [6, 6.07) is 9.24. The summed E-state index contributed by atoms with van der Waals surface area (Å²) in [7, 11) is 0. The first-order valence-corrected chi connectivity index (χ1v) is 6.29. The van der Waals surface area contributed by atoms with Gasteiger partial charge in [-0.05, 0) is 38.5 Å². The Morgan fingerprint density at radius 1 is 1.31 bits per heavy atom. The summed E-state index contributed by atoms with van der Waals surface area (Å²) in [5, 5.41) is 4.40. The summed E-state index contributed by atoms with van der Waals surface area (Å²) in [5.41, 5.74) is 1.23. The summed E-state index contributed by atoms with van der Waals surface area (Å²) in [6.45, 7) is 6.63. The average Bonchev–Trinajstić information content (AvgIpc) is 2.39. The molecule has 0 radical (unpaired) electrons. The van der Waals surface area contributed by atoms with Crippen molar-refractivity contribution < 1.29 is 0 Å². The van der Waals surface area contributed by atoms with Crippen LogP contribution < -0.4 is 10.2 Å². The highest BCUT2D eigenvalue weighted by molar-refractivity contribution is 6.30. The number of hydrogen-bond donors (Lipinski definition) is 1. The van der Waals surface area contributed by atoms with Crippen LogP contribution in [0.5, 0.6) is 0 Å². The zero-order chi connectivity index (χ0) is 11.5. The maximum atomic E-state index is 6.03. The molecular formula is C13H19ClN2. The molecule has 3 heteroatoms. The van der Waals surface area contributed by atoms with Crippen LogP contribution in [-0.4, -0.2) is 25.2 Å². The van der Waals surface area contributed by atoms with E-state index in [1.165, 1.54) is 12.1 Å². The van der Waals surface area contributed by atoms with Gasteiger partial charge in [-0.3, -0.25) is 0 Å². The van der Waals surface area contributed by atoms with Crippen molar-refractivity contribution in [3.8, 4) is 0 Å². The van der Waals surface area contributed by atoms with Crippen molar-refractivity contribution in [2.24, 2.45) is 0 Å². The van der Waals surface area contributed by atoms with Crippen LogP contribution in [0.1, 0.15) is 20.3 Å². The standard InChI is InChI=1S/C13H19ClN2/c1-10-6-7-16(9-11(2)15-10)13-5-3-4-12(14)8-13/h3-5,8,10-11,15H,6-7,9H2,1-2H3. The second-order valence-corrected chi connectivity index (χ2v) is 5.12. The third kappa shape index (κ3) is 2.89. The Hall–Kier alpha value is -0.730. The van der Waals surface area contributed by atoms with Gasteiger partial charge >= 0.3 is 0 Å². The Balaban J connectivity index is 2.14. The number of nitrogens with zero attached hydrogens (tertiary/aromatic N) is 1.